The lowest BCUT2D eigenvalue weighted by atomic mass is 10.2. The van der Waals surface area contributed by atoms with Crippen molar-refractivity contribution in [2.75, 3.05) is 36.8 Å². The highest BCUT2D eigenvalue weighted by molar-refractivity contribution is 5.77. The maximum absolute atomic E-state index is 12.2. The first kappa shape index (κ1) is 14.5. The van der Waals surface area contributed by atoms with Gasteiger partial charge in [-0.1, -0.05) is 12.1 Å². The Hall–Kier alpha value is -2.43. The largest absolute Gasteiger partial charge is 0.469 e. The summed E-state index contributed by atoms with van der Waals surface area (Å²) in [6.45, 7) is 3.12. The van der Waals surface area contributed by atoms with Crippen LogP contribution in [0.1, 0.15) is 12.2 Å². The predicted octanol–water partition coefficient (Wildman–Crippen LogP) is 2.14. The summed E-state index contributed by atoms with van der Waals surface area (Å²) in [4.78, 5) is 16.4. The zero-order valence-corrected chi connectivity index (χ0v) is 12.6. The highest BCUT2D eigenvalue weighted by Gasteiger charge is 2.22. The van der Waals surface area contributed by atoms with E-state index in [1.54, 1.807) is 6.26 Å². The van der Waals surface area contributed by atoms with Gasteiger partial charge >= 0.3 is 0 Å². The van der Waals surface area contributed by atoms with E-state index in [1.165, 1.54) is 0 Å². The van der Waals surface area contributed by atoms with Gasteiger partial charge in [-0.3, -0.25) is 4.79 Å². The van der Waals surface area contributed by atoms with Crippen LogP contribution in [0.3, 0.4) is 0 Å². The lowest BCUT2D eigenvalue weighted by Gasteiger charge is -2.36. The van der Waals surface area contributed by atoms with Crippen molar-refractivity contribution in [2.45, 2.75) is 12.8 Å². The van der Waals surface area contributed by atoms with E-state index >= 15 is 0 Å². The molecule has 0 aliphatic carbocycles. The number of anilines is 2. The first-order chi connectivity index (χ1) is 10.7. The fraction of sp³-hybridized carbons (Fsp3) is 0.353. The number of furan rings is 1. The molecule has 1 fully saturated rings. The van der Waals surface area contributed by atoms with Crippen molar-refractivity contribution in [2.24, 2.45) is 0 Å². The average Bonchev–Trinajstić information content (AvgIpc) is 3.07. The first-order valence-corrected chi connectivity index (χ1v) is 7.63. The number of piperazine rings is 1. The molecule has 1 saturated heterocycles. The van der Waals surface area contributed by atoms with Crippen LogP contribution in [0, 0.1) is 0 Å². The number of hydrogen-bond acceptors (Lipinski definition) is 4. The van der Waals surface area contributed by atoms with E-state index in [-0.39, 0.29) is 5.91 Å². The Morgan fingerprint density at radius 2 is 1.86 bits per heavy atom. The lowest BCUT2D eigenvalue weighted by Crippen LogP contribution is -2.49. The van der Waals surface area contributed by atoms with Crippen molar-refractivity contribution < 1.29 is 9.21 Å². The fourth-order valence-electron chi connectivity index (χ4n) is 2.82. The minimum absolute atomic E-state index is 0.192. The van der Waals surface area contributed by atoms with Gasteiger partial charge < -0.3 is 20.0 Å². The molecule has 0 bridgehead atoms. The summed E-state index contributed by atoms with van der Waals surface area (Å²) in [5.74, 6) is 1.06. The molecule has 5 heteroatoms. The third-order valence-electron chi connectivity index (χ3n) is 4.08. The van der Waals surface area contributed by atoms with Crippen LogP contribution in [0.2, 0.25) is 0 Å². The molecule has 2 heterocycles. The molecule has 5 nitrogen and oxygen atoms in total. The molecular formula is C17H21N3O2. The third-order valence-corrected chi connectivity index (χ3v) is 4.08. The molecule has 0 unspecified atom stereocenters. The quantitative estimate of drug-likeness (QED) is 0.879. The first-order valence-electron chi connectivity index (χ1n) is 7.63. The molecule has 0 spiro atoms. The third kappa shape index (κ3) is 3.24. The molecule has 1 aliphatic rings. The van der Waals surface area contributed by atoms with E-state index in [0.717, 1.165) is 43.3 Å². The summed E-state index contributed by atoms with van der Waals surface area (Å²) in [7, 11) is 0. The summed E-state index contributed by atoms with van der Waals surface area (Å²) < 4.78 is 5.27. The number of amides is 1. The van der Waals surface area contributed by atoms with Gasteiger partial charge in [-0.2, -0.15) is 0 Å². The maximum atomic E-state index is 12.2. The average molecular weight is 299 g/mol. The number of nitrogen functional groups attached to an aromatic ring is 1. The number of carbonyl (C=O) groups excluding carboxylic acids is 1. The van der Waals surface area contributed by atoms with Gasteiger partial charge in [0, 0.05) is 39.0 Å². The Bertz CT molecular complexity index is 617. The van der Waals surface area contributed by atoms with E-state index in [4.69, 9.17) is 10.2 Å². The Labute approximate surface area is 130 Å². The molecule has 1 aromatic carbocycles. The van der Waals surface area contributed by atoms with Crippen molar-refractivity contribution in [3.8, 4) is 0 Å². The monoisotopic (exact) mass is 299 g/mol. The van der Waals surface area contributed by atoms with Crippen molar-refractivity contribution in [3.05, 3.63) is 48.4 Å². The van der Waals surface area contributed by atoms with Gasteiger partial charge in [0.1, 0.15) is 5.76 Å². The minimum atomic E-state index is 0.192. The van der Waals surface area contributed by atoms with Crippen molar-refractivity contribution in [1.29, 1.82) is 0 Å². The van der Waals surface area contributed by atoms with Crippen LogP contribution in [0.25, 0.3) is 0 Å². The normalized spacial score (nSPS) is 15.1. The van der Waals surface area contributed by atoms with Gasteiger partial charge in [0.2, 0.25) is 5.91 Å². The van der Waals surface area contributed by atoms with Gasteiger partial charge in [-0.25, -0.2) is 0 Å². The molecule has 1 amide bonds. The zero-order valence-electron chi connectivity index (χ0n) is 12.6. The van der Waals surface area contributed by atoms with Crippen LogP contribution in [0.5, 0.6) is 0 Å². The van der Waals surface area contributed by atoms with E-state index in [2.05, 4.69) is 4.90 Å². The second-order valence-corrected chi connectivity index (χ2v) is 5.51. The molecule has 1 aromatic heterocycles. The standard InChI is InChI=1S/C17H21N3O2/c18-15-5-1-2-6-16(15)19-9-11-20(12-10-19)17(21)8-7-14-4-3-13-22-14/h1-6,13H,7-12,18H2. The number of nitrogens with zero attached hydrogens (tertiary/aromatic N) is 2. The van der Waals surface area contributed by atoms with Gasteiger partial charge in [0.25, 0.3) is 0 Å². The molecular weight excluding hydrogens is 278 g/mol. The smallest absolute Gasteiger partial charge is 0.223 e. The van der Waals surface area contributed by atoms with E-state index < -0.39 is 0 Å². The molecule has 0 radical (unpaired) electrons. The van der Waals surface area contributed by atoms with E-state index in [1.807, 2.05) is 41.3 Å². The molecule has 3 rings (SSSR count). The van der Waals surface area contributed by atoms with Gasteiger partial charge in [-0.15, -0.1) is 0 Å². The Morgan fingerprint density at radius 3 is 2.55 bits per heavy atom. The number of nitrogens with two attached hydrogens (primary N) is 1. The van der Waals surface area contributed by atoms with E-state index in [9.17, 15) is 4.79 Å². The topological polar surface area (TPSA) is 62.7 Å². The molecule has 2 N–H and O–H groups in total. The SMILES string of the molecule is Nc1ccccc1N1CCN(C(=O)CCc2ccco2)CC1. The number of rotatable bonds is 4. The van der Waals surface area contributed by atoms with Crippen molar-refractivity contribution in [1.82, 2.24) is 4.90 Å². The Kier molecular flexibility index (Phi) is 4.32. The highest BCUT2D eigenvalue weighted by atomic mass is 16.3. The molecule has 22 heavy (non-hydrogen) atoms. The Balaban J connectivity index is 1.51. The fourth-order valence-corrected chi connectivity index (χ4v) is 2.82. The lowest BCUT2D eigenvalue weighted by molar-refractivity contribution is -0.131. The molecule has 116 valence electrons. The van der Waals surface area contributed by atoms with Crippen molar-refractivity contribution in [3.63, 3.8) is 0 Å². The predicted molar refractivity (Wildman–Crippen MR) is 86.7 cm³/mol. The molecule has 0 atom stereocenters. The van der Waals surface area contributed by atoms with Crippen LogP contribution in [0.15, 0.2) is 47.1 Å². The second kappa shape index (κ2) is 6.56. The maximum Gasteiger partial charge on any atom is 0.223 e. The summed E-state index contributed by atoms with van der Waals surface area (Å²) in [5.41, 5.74) is 7.87. The summed E-state index contributed by atoms with van der Waals surface area (Å²) in [5, 5.41) is 0. The van der Waals surface area contributed by atoms with Gasteiger partial charge in [-0.05, 0) is 24.3 Å². The molecule has 1 aliphatic heterocycles. The Morgan fingerprint density at radius 1 is 1.09 bits per heavy atom. The summed E-state index contributed by atoms with van der Waals surface area (Å²) in [6, 6.07) is 11.6. The van der Waals surface area contributed by atoms with Crippen LogP contribution in [0.4, 0.5) is 11.4 Å². The molecule has 0 saturated carbocycles. The van der Waals surface area contributed by atoms with Crippen LogP contribution < -0.4 is 10.6 Å². The highest BCUT2D eigenvalue weighted by Crippen LogP contribution is 2.23. The van der Waals surface area contributed by atoms with Crippen molar-refractivity contribution >= 4 is 17.3 Å². The molecule has 2 aromatic rings. The van der Waals surface area contributed by atoms with Gasteiger partial charge in [0.15, 0.2) is 0 Å². The number of aryl methyl sites for hydroxylation is 1. The second-order valence-electron chi connectivity index (χ2n) is 5.51. The zero-order chi connectivity index (χ0) is 15.4. The summed E-state index contributed by atoms with van der Waals surface area (Å²) in [6.07, 6.45) is 2.81. The van der Waals surface area contributed by atoms with Crippen LogP contribution >= 0.6 is 0 Å². The van der Waals surface area contributed by atoms with E-state index in [0.29, 0.717) is 12.8 Å². The number of para-hydroxylation sites is 2. The number of carbonyl (C=O) groups is 1. The minimum Gasteiger partial charge on any atom is -0.469 e. The summed E-state index contributed by atoms with van der Waals surface area (Å²) >= 11 is 0. The number of benzene rings is 1. The number of hydrogen-bond donors (Lipinski definition) is 1. The van der Waals surface area contributed by atoms with Gasteiger partial charge in [0.05, 0.1) is 17.6 Å². The van der Waals surface area contributed by atoms with Crippen LogP contribution in [-0.4, -0.2) is 37.0 Å². The van der Waals surface area contributed by atoms with Crippen LogP contribution in [-0.2, 0) is 11.2 Å².